The Balaban J connectivity index is 3.13. The van der Waals surface area contributed by atoms with Crippen LogP contribution in [0.25, 0.3) is 0 Å². The van der Waals surface area contributed by atoms with Gasteiger partial charge in [0.05, 0.1) is 11.6 Å². The molecule has 0 radical (unpaired) electrons. The highest BCUT2D eigenvalue weighted by atomic mass is 79.9. The summed E-state index contributed by atoms with van der Waals surface area (Å²) in [4.78, 5) is 11.3. The highest BCUT2D eigenvalue weighted by Gasteiger charge is 2.18. The van der Waals surface area contributed by atoms with Crippen molar-refractivity contribution < 1.29 is 13.9 Å². The zero-order chi connectivity index (χ0) is 11.4. The third kappa shape index (κ3) is 2.92. The van der Waals surface area contributed by atoms with Crippen LogP contribution in [0.5, 0.6) is 0 Å². The summed E-state index contributed by atoms with van der Waals surface area (Å²) < 4.78 is 18.2. The predicted molar refractivity (Wildman–Crippen MR) is 60.0 cm³/mol. The zero-order valence-corrected chi connectivity index (χ0v) is 10.4. The molecule has 0 aliphatic heterocycles. The normalized spacial score (nSPS) is 10.1. The standard InChI is InChI=1S/C10H9BrClFO2/c1-2-15-10(14)9-7(12)3-6(5-11)4-8(9)13/h3-4H,2,5H2,1H3. The molecule has 1 aromatic rings. The van der Waals surface area contributed by atoms with E-state index >= 15 is 0 Å². The van der Waals surface area contributed by atoms with Crippen molar-refractivity contribution in [1.82, 2.24) is 0 Å². The fraction of sp³-hybridized carbons (Fsp3) is 0.300. The van der Waals surface area contributed by atoms with Crippen LogP contribution in [0.2, 0.25) is 5.02 Å². The molecular formula is C10H9BrClFO2. The molecule has 0 heterocycles. The molecule has 0 saturated heterocycles. The van der Waals surface area contributed by atoms with Gasteiger partial charge in [-0.05, 0) is 24.6 Å². The first-order valence-corrected chi connectivity index (χ1v) is 5.81. The Morgan fingerprint density at radius 2 is 2.27 bits per heavy atom. The van der Waals surface area contributed by atoms with Crippen molar-refractivity contribution in [2.24, 2.45) is 0 Å². The number of ether oxygens (including phenoxy) is 1. The highest BCUT2D eigenvalue weighted by Crippen LogP contribution is 2.23. The summed E-state index contributed by atoms with van der Waals surface area (Å²) in [5.74, 6) is -1.39. The van der Waals surface area contributed by atoms with E-state index in [-0.39, 0.29) is 17.2 Å². The Morgan fingerprint density at radius 1 is 1.60 bits per heavy atom. The SMILES string of the molecule is CCOC(=O)c1c(F)cc(CBr)cc1Cl. The summed E-state index contributed by atoms with van der Waals surface area (Å²) in [6.07, 6.45) is 0. The Hall–Kier alpha value is -0.610. The number of alkyl halides is 1. The minimum atomic E-state index is -0.735. The Morgan fingerprint density at radius 3 is 2.73 bits per heavy atom. The van der Waals surface area contributed by atoms with Gasteiger partial charge >= 0.3 is 5.97 Å². The van der Waals surface area contributed by atoms with Crippen LogP contribution in [0.4, 0.5) is 4.39 Å². The molecule has 0 unspecified atom stereocenters. The lowest BCUT2D eigenvalue weighted by atomic mass is 10.1. The van der Waals surface area contributed by atoms with E-state index in [9.17, 15) is 9.18 Å². The van der Waals surface area contributed by atoms with Crippen LogP contribution in [0, 0.1) is 5.82 Å². The molecule has 15 heavy (non-hydrogen) atoms. The quantitative estimate of drug-likeness (QED) is 0.629. The van der Waals surface area contributed by atoms with Crippen LogP contribution in [0.1, 0.15) is 22.8 Å². The predicted octanol–water partition coefficient (Wildman–Crippen LogP) is 3.55. The number of benzene rings is 1. The van der Waals surface area contributed by atoms with E-state index in [1.54, 1.807) is 6.92 Å². The van der Waals surface area contributed by atoms with Crippen LogP contribution in [-0.2, 0) is 10.1 Å². The van der Waals surface area contributed by atoms with E-state index < -0.39 is 11.8 Å². The maximum absolute atomic E-state index is 13.5. The van der Waals surface area contributed by atoms with Crippen LogP contribution >= 0.6 is 27.5 Å². The van der Waals surface area contributed by atoms with Gasteiger partial charge in [0.1, 0.15) is 11.4 Å². The Labute approximate surface area is 101 Å². The average molecular weight is 296 g/mol. The summed E-state index contributed by atoms with van der Waals surface area (Å²) in [5, 5.41) is 0.551. The largest absolute Gasteiger partial charge is 0.462 e. The van der Waals surface area contributed by atoms with Crippen molar-refractivity contribution in [1.29, 1.82) is 0 Å². The number of esters is 1. The lowest BCUT2D eigenvalue weighted by Crippen LogP contribution is -2.08. The molecule has 2 nitrogen and oxygen atoms in total. The highest BCUT2D eigenvalue weighted by molar-refractivity contribution is 9.08. The van der Waals surface area contributed by atoms with E-state index in [0.717, 1.165) is 0 Å². The van der Waals surface area contributed by atoms with Gasteiger partial charge in [-0.15, -0.1) is 0 Å². The van der Waals surface area contributed by atoms with E-state index in [1.165, 1.54) is 12.1 Å². The average Bonchev–Trinajstić information content (AvgIpc) is 2.16. The van der Waals surface area contributed by atoms with Crippen molar-refractivity contribution in [3.63, 3.8) is 0 Å². The summed E-state index contributed by atoms with van der Waals surface area (Å²) in [6, 6.07) is 2.79. The van der Waals surface area contributed by atoms with Gasteiger partial charge < -0.3 is 4.74 Å². The number of carbonyl (C=O) groups excluding carboxylic acids is 1. The maximum atomic E-state index is 13.5. The molecule has 0 spiro atoms. The molecule has 0 atom stereocenters. The van der Waals surface area contributed by atoms with Gasteiger partial charge in [-0.3, -0.25) is 0 Å². The fourth-order valence-electron chi connectivity index (χ4n) is 1.10. The molecule has 0 aliphatic rings. The minimum Gasteiger partial charge on any atom is -0.462 e. The number of halogens is 3. The fourth-order valence-corrected chi connectivity index (χ4v) is 1.73. The van der Waals surface area contributed by atoms with Crippen molar-refractivity contribution in [2.75, 3.05) is 6.61 Å². The van der Waals surface area contributed by atoms with E-state index in [0.29, 0.717) is 10.9 Å². The molecule has 82 valence electrons. The maximum Gasteiger partial charge on any atom is 0.342 e. The van der Waals surface area contributed by atoms with Crippen LogP contribution in [-0.4, -0.2) is 12.6 Å². The second-order valence-corrected chi connectivity index (χ2v) is 3.76. The molecule has 5 heteroatoms. The van der Waals surface area contributed by atoms with E-state index in [2.05, 4.69) is 20.7 Å². The van der Waals surface area contributed by atoms with Crippen LogP contribution in [0.15, 0.2) is 12.1 Å². The molecule has 1 rings (SSSR count). The van der Waals surface area contributed by atoms with Gasteiger partial charge in [-0.25, -0.2) is 9.18 Å². The van der Waals surface area contributed by atoms with Gasteiger partial charge in [0.2, 0.25) is 0 Å². The molecule has 1 aromatic carbocycles. The van der Waals surface area contributed by atoms with Crippen LogP contribution < -0.4 is 0 Å². The van der Waals surface area contributed by atoms with Gasteiger partial charge in [0.15, 0.2) is 0 Å². The molecule has 0 aliphatic carbocycles. The monoisotopic (exact) mass is 294 g/mol. The first-order valence-electron chi connectivity index (χ1n) is 4.31. The number of hydrogen-bond donors (Lipinski definition) is 0. The summed E-state index contributed by atoms with van der Waals surface area (Å²) in [6.45, 7) is 1.84. The number of carbonyl (C=O) groups is 1. The van der Waals surface area contributed by atoms with Gasteiger partial charge in [-0.2, -0.15) is 0 Å². The smallest absolute Gasteiger partial charge is 0.342 e. The topological polar surface area (TPSA) is 26.3 Å². The molecule has 0 saturated carbocycles. The molecule has 0 bridgehead atoms. The second-order valence-electron chi connectivity index (χ2n) is 2.79. The van der Waals surface area contributed by atoms with Gasteiger partial charge in [0, 0.05) is 5.33 Å². The first-order chi connectivity index (χ1) is 7.10. The zero-order valence-electron chi connectivity index (χ0n) is 8.02. The van der Waals surface area contributed by atoms with E-state index in [4.69, 9.17) is 11.6 Å². The Bertz CT molecular complexity index is 359. The van der Waals surface area contributed by atoms with Crippen molar-refractivity contribution in [3.05, 3.63) is 34.1 Å². The summed E-state index contributed by atoms with van der Waals surface area (Å²) in [5.41, 5.74) is 0.466. The number of hydrogen-bond acceptors (Lipinski definition) is 2. The van der Waals surface area contributed by atoms with Crippen molar-refractivity contribution in [2.45, 2.75) is 12.3 Å². The third-order valence-electron chi connectivity index (χ3n) is 1.74. The van der Waals surface area contributed by atoms with Gasteiger partial charge in [0.25, 0.3) is 0 Å². The molecule has 0 fully saturated rings. The van der Waals surface area contributed by atoms with Gasteiger partial charge in [-0.1, -0.05) is 27.5 Å². The van der Waals surface area contributed by atoms with Crippen molar-refractivity contribution in [3.8, 4) is 0 Å². The number of rotatable bonds is 3. The van der Waals surface area contributed by atoms with Crippen LogP contribution in [0.3, 0.4) is 0 Å². The molecule has 0 N–H and O–H groups in total. The Kier molecular flexibility index (Phi) is 4.54. The third-order valence-corrected chi connectivity index (χ3v) is 2.68. The van der Waals surface area contributed by atoms with Crippen molar-refractivity contribution >= 4 is 33.5 Å². The summed E-state index contributed by atoms with van der Waals surface area (Å²) in [7, 11) is 0. The first kappa shape index (κ1) is 12.5. The lowest BCUT2D eigenvalue weighted by Gasteiger charge is -2.06. The second kappa shape index (κ2) is 5.47. The molecule has 0 amide bonds. The lowest BCUT2D eigenvalue weighted by molar-refractivity contribution is 0.0521. The summed E-state index contributed by atoms with van der Waals surface area (Å²) >= 11 is 8.96. The minimum absolute atomic E-state index is 0.0721. The van der Waals surface area contributed by atoms with E-state index in [1.807, 2.05) is 0 Å². The molecular weight excluding hydrogens is 286 g/mol. The molecule has 0 aromatic heterocycles.